The van der Waals surface area contributed by atoms with Crippen LogP contribution in [0.2, 0.25) is 0 Å². The summed E-state index contributed by atoms with van der Waals surface area (Å²) < 4.78 is 17.1. The van der Waals surface area contributed by atoms with E-state index in [1.807, 2.05) is 39.8 Å². The highest BCUT2D eigenvalue weighted by molar-refractivity contribution is 7.15. The van der Waals surface area contributed by atoms with E-state index in [2.05, 4.69) is 20.5 Å². The molecule has 0 fully saturated rings. The lowest BCUT2D eigenvalue weighted by Gasteiger charge is -2.18. The fraction of sp³-hybridized carbons (Fsp3) is 0.368. The molecule has 3 heterocycles. The summed E-state index contributed by atoms with van der Waals surface area (Å²) in [4.78, 5) is 17.3. The number of benzene rings is 1. The number of hydrogen-bond donors (Lipinski definition) is 1. The Labute approximate surface area is 165 Å². The third kappa shape index (κ3) is 3.70. The molecule has 4 rings (SSSR count). The largest absolute Gasteiger partial charge is 0.483 e. The average molecular weight is 400 g/mol. The van der Waals surface area contributed by atoms with Gasteiger partial charge in [0, 0.05) is 12.0 Å². The number of anilines is 1. The molecular weight excluding hydrogens is 380 g/mol. The molecular formula is C19H20N4O4S. The number of aromatic nitrogens is 3. The molecule has 0 aliphatic carbocycles. The van der Waals surface area contributed by atoms with E-state index < -0.39 is 5.91 Å². The molecule has 0 atom stereocenters. The molecule has 1 amide bonds. The summed E-state index contributed by atoms with van der Waals surface area (Å²) in [5.41, 5.74) is 1.60. The number of fused-ring (bicyclic) bond motifs is 1. The molecule has 0 radical (unpaired) electrons. The second-order valence-electron chi connectivity index (χ2n) is 7.18. The lowest BCUT2D eigenvalue weighted by Crippen LogP contribution is -2.25. The number of nitrogens with zero attached hydrogens (tertiary/aromatic N) is 3. The molecule has 9 heteroatoms. The third-order valence-electron chi connectivity index (χ3n) is 4.18. The minimum atomic E-state index is -0.401. The first-order valence-corrected chi connectivity index (χ1v) is 9.64. The number of nitrogens with one attached hydrogen (secondary N) is 1. The van der Waals surface area contributed by atoms with Crippen LogP contribution < -0.4 is 14.8 Å². The van der Waals surface area contributed by atoms with Gasteiger partial charge in [0.1, 0.15) is 10.5 Å². The Kier molecular flexibility index (Phi) is 4.54. The van der Waals surface area contributed by atoms with E-state index in [0.717, 1.165) is 27.6 Å². The summed E-state index contributed by atoms with van der Waals surface area (Å²) in [6.07, 6.45) is 0.799. The van der Waals surface area contributed by atoms with Crippen LogP contribution in [0.1, 0.15) is 30.1 Å². The number of ether oxygens (including phenoxy) is 2. The molecule has 1 aliphatic rings. The number of hydrogen-bond acceptors (Lipinski definition) is 8. The topological polar surface area (TPSA) is 99.4 Å². The second kappa shape index (κ2) is 6.90. The van der Waals surface area contributed by atoms with Crippen LogP contribution in [0.3, 0.4) is 0 Å². The van der Waals surface area contributed by atoms with Crippen LogP contribution in [-0.4, -0.2) is 33.3 Å². The van der Waals surface area contributed by atoms with Crippen LogP contribution >= 0.6 is 11.3 Å². The normalized spacial score (nSPS) is 14.4. The van der Waals surface area contributed by atoms with Gasteiger partial charge in [0.2, 0.25) is 0 Å². The smallest absolute Gasteiger partial charge is 0.322 e. The van der Waals surface area contributed by atoms with Crippen LogP contribution in [0, 0.1) is 13.8 Å². The van der Waals surface area contributed by atoms with Gasteiger partial charge in [0.15, 0.2) is 18.1 Å². The fourth-order valence-corrected chi connectivity index (χ4v) is 3.94. The zero-order valence-corrected chi connectivity index (χ0v) is 16.8. The van der Waals surface area contributed by atoms with Gasteiger partial charge in [-0.25, -0.2) is 4.98 Å². The average Bonchev–Trinajstić information content (AvgIpc) is 3.28. The van der Waals surface area contributed by atoms with Crippen molar-refractivity contribution < 1.29 is 18.7 Å². The van der Waals surface area contributed by atoms with Crippen molar-refractivity contribution >= 4 is 23.3 Å². The first-order chi connectivity index (χ1) is 13.3. The molecule has 1 aromatic carbocycles. The Bertz CT molecular complexity index is 1040. The van der Waals surface area contributed by atoms with E-state index in [-0.39, 0.29) is 18.2 Å². The third-order valence-corrected chi connectivity index (χ3v) is 5.24. The highest BCUT2D eigenvalue weighted by atomic mass is 32.1. The molecule has 0 unspecified atom stereocenters. The molecule has 28 heavy (non-hydrogen) atoms. The molecule has 3 aromatic rings. The maximum atomic E-state index is 12.2. The highest BCUT2D eigenvalue weighted by Gasteiger charge is 2.32. The van der Waals surface area contributed by atoms with Gasteiger partial charge in [-0.15, -0.1) is 16.4 Å². The molecule has 0 saturated heterocycles. The number of rotatable bonds is 5. The van der Waals surface area contributed by atoms with Gasteiger partial charge in [0.25, 0.3) is 11.8 Å². The Morgan fingerprint density at radius 3 is 2.89 bits per heavy atom. The molecule has 0 bridgehead atoms. The maximum Gasteiger partial charge on any atom is 0.322 e. The predicted molar refractivity (Wildman–Crippen MR) is 104 cm³/mol. The Balaban J connectivity index is 1.39. The van der Waals surface area contributed by atoms with Crippen LogP contribution in [0.4, 0.5) is 6.01 Å². The van der Waals surface area contributed by atoms with Crippen molar-refractivity contribution in [1.82, 2.24) is 15.2 Å². The Hall–Kier alpha value is -2.94. The molecule has 146 valence electrons. The van der Waals surface area contributed by atoms with Gasteiger partial charge in [-0.05, 0) is 33.8 Å². The lowest BCUT2D eigenvalue weighted by atomic mass is 10.0. The summed E-state index contributed by atoms with van der Waals surface area (Å²) >= 11 is 1.46. The molecule has 2 aromatic heterocycles. The zero-order chi connectivity index (χ0) is 19.9. The van der Waals surface area contributed by atoms with Gasteiger partial charge in [0.05, 0.1) is 10.7 Å². The fourth-order valence-electron chi connectivity index (χ4n) is 3.09. The van der Waals surface area contributed by atoms with E-state index in [9.17, 15) is 4.79 Å². The van der Waals surface area contributed by atoms with Crippen LogP contribution in [0.25, 0.3) is 10.8 Å². The second-order valence-corrected chi connectivity index (χ2v) is 8.38. The van der Waals surface area contributed by atoms with Gasteiger partial charge < -0.3 is 13.9 Å². The summed E-state index contributed by atoms with van der Waals surface area (Å²) in [6, 6.07) is 5.69. The van der Waals surface area contributed by atoms with Crippen LogP contribution in [0.15, 0.2) is 22.6 Å². The maximum absolute atomic E-state index is 12.2. The predicted octanol–water partition coefficient (Wildman–Crippen LogP) is 3.54. The summed E-state index contributed by atoms with van der Waals surface area (Å²) in [6.45, 7) is 7.61. The van der Waals surface area contributed by atoms with Crippen LogP contribution in [0.5, 0.6) is 11.5 Å². The van der Waals surface area contributed by atoms with E-state index in [0.29, 0.717) is 17.4 Å². The molecule has 0 saturated carbocycles. The van der Waals surface area contributed by atoms with E-state index >= 15 is 0 Å². The van der Waals surface area contributed by atoms with Crippen molar-refractivity contribution in [3.05, 3.63) is 34.5 Å². The van der Waals surface area contributed by atoms with Gasteiger partial charge in [-0.1, -0.05) is 17.2 Å². The number of aryl methyl sites for hydroxylation is 2. The number of carbonyl (C=O) groups excluding carboxylic acids is 1. The first-order valence-electron chi connectivity index (χ1n) is 8.82. The van der Waals surface area contributed by atoms with Crippen molar-refractivity contribution in [3.8, 4) is 22.3 Å². The molecule has 1 aliphatic heterocycles. The molecule has 8 nitrogen and oxygen atoms in total. The van der Waals surface area contributed by atoms with Crippen LogP contribution in [-0.2, 0) is 11.2 Å². The molecule has 1 N–H and O–H groups in total. The van der Waals surface area contributed by atoms with E-state index in [4.69, 9.17) is 13.9 Å². The van der Waals surface area contributed by atoms with Crippen molar-refractivity contribution in [1.29, 1.82) is 0 Å². The van der Waals surface area contributed by atoms with Crippen molar-refractivity contribution in [2.75, 3.05) is 11.9 Å². The number of amides is 1. The quantitative estimate of drug-likeness (QED) is 0.699. The van der Waals surface area contributed by atoms with Crippen molar-refractivity contribution in [2.45, 2.75) is 39.7 Å². The SMILES string of the molecule is Cc1nc(C)c(-c2nnc(NC(=O)COc3cccc4c3OC(C)(C)C4)o2)s1. The first kappa shape index (κ1) is 18.4. The number of para-hydroxylation sites is 1. The lowest BCUT2D eigenvalue weighted by molar-refractivity contribution is -0.118. The number of carbonyl (C=O) groups is 1. The molecule has 0 spiro atoms. The van der Waals surface area contributed by atoms with Gasteiger partial charge in [-0.2, -0.15) is 0 Å². The van der Waals surface area contributed by atoms with Crippen molar-refractivity contribution in [3.63, 3.8) is 0 Å². The number of thiazole rings is 1. The zero-order valence-electron chi connectivity index (χ0n) is 16.0. The summed E-state index contributed by atoms with van der Waals surface area (Å²) in [7, 11) is 0. The Morgan fingerprint density at radius 1 is 1.32 bits per heavy atom. The monoisotopic (exact) mass is 400 g/mol. The minimum Gasteiger partial charge on any atom is -0.483 e. The summed E-state index contributed by atoms with van der Waals surface area (Å²) in [5, 5.41) is 11.3. The van der Waals surface area contributed by atoms with E-state index in [1.165, 1.54) is 11.3 Å². The standard InChI is InChI=1S/C19H20N4O4S/c1-10-16(28-11(2)20-10)17-22-23-18(26-17)21-14(24)9-25-13-7-5-6-12-8-19(3,4)27-15(12)13/h5-7H,8-9H2,1-4H3,(H,21,23,24). The minimum absolute atomic E-state index is 0.0183. The van der Waals surface area contributed by atoms with E-state index in [1.54, 1.807) is 6.07 Å². The highest BCUT2D eigenvalue weighted by Crippen LogP contribution is 2.41. The van der Waals surface area contributed by atoms with Crippen molar-refractivity contribution in [2.24, 2.45) is 0 Å². The van der Waals surface area contributed by atoms with Gasteiger partial charge >= 0.3 is 6.01 Å². The summed E-state index contributed by atoms with van der Waals surface area (Å²) in [5.74, 6) is 1.16. The van der Waals surface area contributed by atoms with Gasteiger partial charge in [-0.3, -0.25) is 10.1 Å². The Morgan fingerprint density at radius 2 is 2.14 bits per heavy atom.